The van der Waals surface area contributed by atoms with Crippen molar-refractivity contribution < 1.29 is 9.53 Å². The molecule has 1 aliphatic heterocycles. The largest absolute Gasteiger partial charge is 0.489 e. The minimum Gasteiger partial charge on any atom is -0.489 e. The molecule has 0 bridgehead atoms. The monoisotopic (exact) mass is 500 g/mol. The highest BCUT2D eigenvalue weighted by molar-refractivity contribution is 6.31. The van der Waals surface area contributed by atoms with Crippen LogP contribution in [0.5, 0.6) is 5.75 Å². The molecule has 1 atom stereocenters. The SMILES string of the molecule is CC1=C(C(=O)Nc2cccc(C)c2C)C(c2cccc(OCc3ccccc3Cl)c2)n2nnnc2N1. The topological polar surface area (TPSA) is 94.0 Å². The fourth-order valence-corrected chi connectivity index (χ4v) is 4.43. The van der Waals surface area contributed by atoms with Gasteiger partial charge in [-0.2, -0.15) is 4.68 Å². The van der Waals surface area contributed by atoms with Crippen molar-refractivity contribution in [2.45, 2.75) is 33.4 Å². The van der Waals surface area contributed by atoms with E-state index in [4.69, 9.17) is 16.3 Å². The van der Waals surface area contributed by atoms with Gasteiger partial charge in [-0.05, 0) is 72.2 Å². The first-order valence-electron chi connectivity index (χ1n) is 11.5. The van der Waals surface area contributed by atoms with E-state index >= 15 is 0 Å². The fourth-order valence-electron chi connectivity index (χ4n) is 4.24. The van der Waals surface area contributed by atoms with Gasteiger partial charge in [0.25, 0.3) is 5.91 Å². The molecule has 1 unspecified atom stereocenters. The number of carbonyl (C=O) groups excluding carboxylic acids is 1. The molecule has 0 saturated carbocycles. The second kappa shape index (κ2) is 9.83. The van der Waals surface area contributed by atoms with Crippen LogP contribution in [0.2, 0.25) is 5.02 Å². The number of halogens is 1. The van der Waals surface area contributed by atoms with Gasteiger partial charge in [0.05, 0.1) is 5.57 Å². The molecule has 0 fully saturated rings. The average Bonchev–Trinajstić information content (AvgIpc) is 3.33. The number of aryl methyl sites for hydroxylation is 1. The second-order valence-corrected chi connectivity index (χ2v) is 9.07. The molecular weight excluding hydrogens is 476 g/mol. The molecule has 4 aromatic rings. The molecule has 0 saturated heterocycles. The molecule has 3 aromatic carbocycles. The number of benzene rings is 3. The van der Waals surface area contributed by atoms with Crippen LogP contribution in [0.25, 0.3) is 0 Å². The second-order valence-electron chi connectivity index (χ2n) is 8.67. The Kier molecular flexibility index (Phi) is 6.43. The number of carbonyl (C=O) groups is 1. The van der Waals surface area contributed by atoms with Crippen molar-refractivity contribution in [2.75, 3.05) is 10.6 Å². The third kappa shape index (κ3) is 4.55. The summed E-state index contributed by atoms with van der Waals surface area (Å²) < 4.78 is 7.65. The zero-order valence-corrected chi connectivity index (χ0v) is 20.9. The van der Waals surface area contributed by atoms with Crippen molar-refractivity contribution >= 4 is 29.1 Å². The highest BCUT2D eigenvalue weighted by atomic mass is 35.5. The summed E-state index contributed by atoms with van der Waals surface area (Å²) in [6, 6.07) is 20.4. The van der Waals surface area contributed by atoms with Crippen LogP contribution in [0, 0.1) is 13.8 Å². The Hall–Kier alpha value is -4.17. The van der Waals surface area contributed by atoms with E-state index in [1.165, 1.54) is 0 Å². The summed E-state index contributed by atoms with van der Waals surface area (Å²) in [5.74, 6) is 0.873. The first-order chi connectivity index (χ1) is 17.4. The van der Waals surface area contributed by atoms with Crippen molar-refractivity contribution in [1.82, 2.24) is 20.2 Å². The zero-order valence-electron chi connectivity index (χ0n) is 20.1. The van der Waals surface area contributed by atoms with Crippen molar-refractivity contribution in [3.05, 3.63) is 105 Å². The van der Waals surface area contributed by atoms with E-state index in [0.717, 1.165) is 27.9 Å². The standard InChI is InChI=1S/C27H25ClN6O2/c1-16-8-6-13-23(17(16)2)30-26(35)24-18(3)29-27-31-32-33-34(27)25(24)19-10-7-11-21(14-19)36-15-20-9-4-5-12-22(20)28/h4-14,25H,15H2,1-3H3,(H,30,35)(H,29,31,33). The number of amides is 1. The molecule has 1 aromatic heterocycles. The summed E-state index contributed by atoms with van der Waals surface area (Å²) in [4.78, 5) is 13.7. The molecule has 2 heterocycles. The van der Waals surface area contributed by atoms with Crippen LogP contribution >= 0.6 is 11.6 Å². The average molecular weight is 501 g/mol. The molecular formula is C27H25ClN6O2. The molecule has 8 nitrogen and oxygen atoms in total. The van der Waals surface area contributed by atoms with Gasteiger partial charge in [-0.3, -0.25) is 4.79 Å². The van der Waals surface area contributed by atoms with Gasteiger partial charge in [-0.15, -0.1) is 0 Å². The maximum absolute atomic E-state index is 13.7. The van der Waals surface area contributed by atoms with Crippen LogP contribution in [0.4, 0.5) is 11.6 Å². The third-order valence-corrected chi connectivity index (χ3v) is 6.71. The third-order valence-electron chi connectivity index (χ3n) is 6.34. The van der Waals surface area contributed by atoms with Crippen LogP contribution in [0.15, 0.2) is 78.0 Å². The van der Waals surface area contributed by atoms with Gasteiger partial charge in [0.15, 0.2) is 0 Å². The number of anilines is 2. The molecule has 1 aliphatic rings. The van der Waals surface area contributed by atoms with Crippen LogP contribution in [0.1, 0.15) is 35.2 Å². The lowest BCUT2D eigenvalue weighted by Gasteiger charge is -2.28. The Bertz CT molecular complexity index is 1480. The van der Waals surface area contributed by atoms with Gasteiger partial charge in [-0.25, -0.2) is 0 Å². The minimum atomic E-state index is -0.551. The number of rotatable bonds is 6. The lowest BCUT2D eigenvalue weighted by molar-refractivity contribution is -0.113. The number of allylic oxidation sites excluding steroid dienone is 1. The van der Waals surface area contributed by atoms with Gasteiger partial charge >= 0.3 is 0 Å². The highest BCUT2D eigenvalue weighted by Crippen LogP contribution is 2.36. The molecule has 182 valence electrons. The Balaban J connectivity index is 1.48. The Morgan fingerprint density at radius 1 is 1.08 bits per heavy atom. The number of hydrogen-bond donors (Lipinski definition) is 2. The molecule has 9 heteroatoms. The highest BCUT2D eigenvalue weighted by Gasteiger charge is 2.34. The van der Waals surface area contributed by atoms with Gasteiger partial charge in [0.2, 0.25) is 5.95 Å². The summed E-state index contributed by atoms with van der Waals surface area (Å²) >= 11 is 6.28. The van der Waals surface area contributed by atoms with E-state index in [2.05, 4.69) is 26.2 Å². The number of aromatic nitrogens is 4. The Labute approximate surface area is 213 Å². The molecule has 0 aliphatic carbocycles. The predicted octanol–water partition coefficient (Wildman–Crippen LogP) is 5.45. The fraction of sp³-hybridized carbons (Fsp3) is 0.185. The van der Waals surface area contributed by atoms with Crippen molar-refractivity contribution in [3.63, 3.8) is 0 Å². The number of fused-ring (bicyclic) bond motifs is 1. The first-order valence-corrected chi connectivity index (χ1v) is 11.9. The van der Waals surface area contributed by atoms with E-state index in [9.17, 15) is 4.79 Å². The van der Waals surface area contributed by atoms with Crippen molar-refractivity contribution in [1.29, 1.82) is 0 Å². The quantitative estimate of drug-likeness (QED) is 0.365. The summed E-state index contributed by atoms with van der Waals surface area (Å²) in [5, 5.41) is 18.9. The molecule has 5 rings (SSSR count). The van der Waals surface area contributed by atoms with Crippen LogP contribution in [-0.2, 0) is 11.4 Å². The van der Waals surface area contributed by atoms with Crippen LogP contribution in [0.3, 0.4) is 0 Å². The van der Waals surface area contributed by atoms with Gasteiger partial charge < -0.3 is 15.4 Å². The molecule has 0 radical (unpaired) electrons. The van der Waals surface area contributed by atoms with Crippen LogP contribution in [-0.4, -0.2) is 26.1 Å². The lowest BCUT2D eigenvalue weighted by atomic mass is 9.94. The predicted molar refractivity (Wildman–Crippen MR) is 139 cm³/mol. The zero-order chi connectivity index (χ0) is 25.2. The van der Waals surface area contributed by atoms with Crippen molar-refractivity contribution in [2.24, 2.45) is 0 Å². The molecule has 2 N–H and O–H groups in total. The van der Waals surface area contributed by atoms with E-state index in [1.807, 2.05) is 87.5 Å². The van der Waals surface area contributed by atoms with E-state index in [0.29, 0.717) is 34.6 Å². The van der Waals surface area contributed by atoms with E-state index in [-0.39, 0.29) is 5.91 Å². The van der Waals surface area contributed by atoms with Crippen LogP contribution < -0.4 is 15.4 Å². The van der Waals surface area contributed by atoms with Gasteiger partial charge in [0, 0.05) is 22.0 Å². The number of hydrogen-bond acceptors (Lipinski definition) is 6. The minimum absolute atomic E-state index is 0.234. The molecule has 0 spiro atoms. The van der Waals surface area contributed by atoms with Gasteiger partial charge in [-0.1, -0.05) is 59.2 Å². The lowest BCUT2D eigenvalue weighted by Crippen LogP contribution is -2.31. The van der Waals surface area contributed by atoms with Crippen molar-refractivity contribution in [3.8, 4) is 5.75 Å². The maximum Gasteiger partial charge on any atom is 0.255 e. The Morgan fingerprint density at radius 2 is 1.89 bits per heavy atom. The summed E-state index contributed by atoms with van der Waals surface area (Å²) in [5.41, 5.74) is 5.76. The van der Waals surface area contributed by atoms with Gasteiger partial charge in [0.1, 0.15) is 18.4 Å². The van der Waals surface area contributed by atoms with E-state index in [1.54, 1.807) is 4.68 Å². The number of nitrogens with zero attached hydrogens (tertiary/aromatic N) is 4. The molecule has 36 heavy (non-hydrogen) atoms. The smallest absolute Gasteiger partial charge is 0.255 e. The number of nitrogens with one attached hydrogen (secondary N) is 2. The first kappa shape index (κ1) is 23.6. The summed E-state index contributed by atoms with van der Waals surface area (Å²) in [7, 11) is 0. The normalized spacial score (nSPS) is 14.7. The molecule has 1 amide bonds. The number of tetrazole rings is 1. The number of ether oxygens (including phenoxy) is 1. The summed E-state index contributed by atoms with van der Waals surface area (Å²) in [6.07, 6.45) is 0. The van der Waals surface area contributed by atoms with E-state index < -0.39 is 6.04 Å². The Morgan fingerprint density at radius 3 is 2.72 bits per heavy atom. The maximum atomic E-state index is 13.7. The summed E-state index contributed by atoms with van der Waals surface area (Å²) in [6.45, 7) is 6.17.